The van der Waals surface area contributed by atoms with E-state index in [1.807, 2.05) is 0 Å². The number of amides is 1. The van der Waals surface area contributed by atoms with Crippen LogP contribution in [0.2, 0.25) is 0 Å². The summed E-state index contributed by atoms with van der Waals surface area (Å²) in [5.74, 6) is -2.14. The van der Waals surface area contributed by atoms with Gasteiger partial charge >= 0.3 is 5.97 Å². The Morgan fingerprint density at radius 2 is 2.00 bits per heavy atom. The van der Waals surface area contributed by atoms with Crippen molar-refractivity contribution in [1.29, 1.82) is 0 Å². The Bertz CT molecular complexity index is 783. The standard InChI is InChI=1S/C14H8BrNO4S/c15-9-3-1-2-8-11(9)16(13(18)12(8)17)6-7-4-5-10(21-7)14(19)20/h1-5H,6H2,(H,19,20). The Labute approximate surface area is 131 Å². The third-order valence-electron chi connectivity index (χ3n) is 3.13. The van der Waals surface area contributed by atoms with Crippen molar-refractivity contribution in [3.8, 4) is 0 Å². The molecular formula is C14H8BrNO4S. The van der Waals surface area contributed by atoms with Crippen LogP contribution in [0.4, 0.5) is 5.69 Å². The molecule has 1 N–H and O–H groups in total. The largest absolute Gasteiger partial charge is 0.477 e. The molecule has 0 spiro atoms. The first-order valence-corrected chi connectivity index (χ1v) is 7.56. The van der Waals surface area contributed by atoms with Gasteiger partial charge in [0.1, 0.15) is 4.88 Å². The second kappa shape index (κ2) is 5.09. The molecule has 1 aliphatic rings. The molecule has 0 aliphatic carbocycles. The third-order valence-corrected chi connectivity index (χ3v) is 4.83. The van der Waals surface area contributed by atoms with Crippen LogP contribution in [-0.4, -0.2) is 22.8 Å². The molecule has 106 valence electrons. The highest BCUT2D eigenvalue weighted by Crippen LogP contribution is 2.37. The molecule has 7 heteroatoms. The zero-order valence-electron chi connectivity index (χ0n) is 10.5. The van der Waals surface area contributed by atoms with Crippen molar-refractivity contribution in [3.05, 3.63) is 50.1 Å². The van der Waals surface area contributed by atoms with E-state index in [1.165, 1.54) is 11.0 Å². The van der Waals surface area contributed by atoms with E-state index >= 15 is 0 Å². The summed E-state index contributed by atoms with van der Waals surface area (Å²) in [4.78, 5) is 37.2. The molecule has 0 fully saturated rings. The summed E-state index contributed by atoms with van der Waals surface area (Å²) in [5, 5.41) is 8.92. The predicted octanol–water partition coefficient (Wildman–Crippen LogP) is 2.94. The Kier molecular flexibility index (Phi) is 3.38. The molecule has 2 heterocycles. The number of benzene rings is 1. The van der Waals surface area contributed by atoms with Gasteiger partial charge in [-0.25, -0.2) is 4.79 Å². The molecule has 3 rings (SSSR count). The molecule has 0 bridgehead atoms. The number of ketones is 1. The number of fused-ring (bicyclic) bond motifs is 1. The van der Waals surface area contributed by atoms with Crippen molar-refractivity contribution >= 4 is 50.6 Å². The maximum absolute atomic E-state index is 12.1. The van der Waals surface area contributed by atoms with E-state index < -0.39 is 17.7 Å². The Hall–Kier alpha value is -1.99. The molecule has 21 heavy (non-hydrogen) atoms. The van der Waals surface area contributed by atoms with Crippen molar-refractivity contribution in [2.75, 3.05) is 4.90 Å². The minimum atomic E-state index is -1.00. The van der Waals surface area contributed by atoms with E-state index in [-0.39, 0.29) is 11.4 Å². The number of para-hydroxylation sites is 1. The summed E-state index contributed by atoms with van der Waals surface area (Å²) >= 11 is 4.44. The van der Waals surface area contributed by atoms with Gasteiger partial charge in [-0.05, 0) is 40.2 Å². The van der Waals surface area contributed by atoms with E-state index in [9.17, 15) is 14.4 Å². The summed E-state index contributed by atoms with van der Waals surface area (Å²) in [6.07, 6.45) is 0. The minimum absolute atomic E-state index is 0.179. The van der Waals surface area contributed by atoms with Crippen LogP contribution in [0.15, 0.2) is 34.8 Å². The highest BCUT2D eigenvalue weighted by Gasteiger charge is 2.37. The maximum Gasteiger partial charge on any atom is 0.345 e. The average molecular weight is 366 g/mol. The van der Waals surface area contributed by atoms with E-state index in [4.69, 9.17) is 5.11 Å². The number of rotatable bonds is 3. The number of carbonyl (C=O) groups excluding carboxylic acids is 2. The second-order valence-corrected chi connectivity index (χ2v) is 6.45. The Balaban J connectivity index is 1.98. The van der Waals surface area contributed by atoms with Crippen molar-refractivity contribution in [1.82, 2.24) is 0 Å². The van der Waals surface area contributed by atoms with E-state index in [1.54, 1.807) is 24.3 Å². The Morgan fingerprint density at radius 1 is 1.24 bits per heavy atom. The lowest BCUT2D eigenvalue weighted by atomic mass is 10.1. The summed E-state index contributed by atoms with van der Waals surface area (Å²) in [6.45, 7) is 0.179. The van der Waals surface area contributed by atoms with Crippen molar-refractivity contribution in [3.63, 3.8) is 0 Å². The summed E-state index contributed by atoms with van der Waals surface area (Å²) < 4.78 is 0.661. The number of carboxylic acid groups (broad SMARTS) is 1. The van der Waals surface area contributed by atoms with Crippen LogP contribution in [0, 0.1) is 0 Å². The summed E-state index contributed by atoms with van der Waals surface area (Å²) in [6, 6.07) is 8.21. The second-order valence-electron chi connectivity index (χ2n) is 4.43. The summed E-state index contributed by atoms with van der Waals surface area (Å²) in [5.41, 5.74) is 0.905. The van der Waals surface area contributed by atoms with Crippen LogP contribution >= 0.6 is 27.3 Å². The van der Waals surface area contributed by atoms with Gasteiger partial charge in [0.05, 0.1) is 17.8 Å². The van der Waals surface area contributed by atoms with Gasteiger partial charge in [-0.15, -0.1) is 11.3 Å². The monoisotopic (exact) mass is 365 g/mol. The third kappa shape index (κ3) is 2.28. The van der Waals surface area contributed by atoms with Crippen molar-refractivity contribution < 1.29 is 19.5 Å². The van der Waals surface area contributed by atoms with Crippen LogP contribution in [-0.2, 0) is 11.3 Å². The minimum Gasteiger partial charge on any atom is -0.477 e. The topological polar surface area (TPSA) is 74.7 Å². The van der Waals surface area contributed by atoms with Crippen LogP contribution in [0.3, 0.4) is 0 Å². The van der Waals surface area contributed by atoms with Gasteiger partial charge < -0.3 is 5.11 Å². The molecule has 1 aliphatic heterocycles. The van der Waals surface area contributed by atoms with Crippen LogP contribution in [0.1, 0.15) is 24.9 Å². The van der Waals surface area contributed by atoms with Crippen LogP contribution in [0.25, 0.3) is 0 Å². The number of halogens is 1. The molecular weight excluding hydrogens is 358 g/mol. The average Bonchev–Trinajstić information content (AvgIpc) is 3.00. The number of hydrogen-bond acceptors (Lipinski definition) is 4. The summed E-state index contributed by atoms with van der Waals surface area (Å²) in [7, 11) is 0. The van der Waals surface area contributed by atoms with E-state index in [2.05, 4.69) is 15.9 Å². The van der Waals surface area contributed by atoms with Crippen LogP contribution in [0.5, 0.6) is 0 Å². The number of carboxylic acids is 1. The lowest BCUT2D eigenvalue weighted by Crippen LogP contribution is -2.28. The smallest absolute Gasteiger partial charge is 0.345 e. The zero-order valence-corrected chi connectivity index (χ0v) is 12.9. The number of nitrogens with zero attached hydrogens (tertiary/aromatic N) is 1. The molecule has 5 nitrogen and oxygen atoms in total. The normalized spacial score (nSPS) is 13.7. The number of anilines is 1. The molecule has 1 aromatic heterocycles. The van der Waals surface area contributed by atoms with Gasteiger partial charge in [0, 0.05) is 9.35 Å². The first-order valence-electron chi connectivity index (χ1n) is 5.95. The SMILES string of the molecule is O=C(O)c1ccc(CN2C(=O)C(=O)c3cccc(Br)c32)s1. The fourth-order valence-corrected chi connectivity index (χ4v) is 3.61. The van der Waals surface area contributed by atoms with Gasteiger partial charge in [-0.1, -0.05) is 6.07 Å². The molecule has 1 aromatic carbocycles. The Morgan fingerprint density at radius 3 is 2.67 bits per heavy atom. The molecule has 0 unspecified atom stereocenters. The van der Waals surface area contributed by atoms with E-state index in [0.717, 1.165) is 11.3 Å². The number of carbonyl (C=O) groups is 3. The van der Waals surface area contributed by atoms with E-state index in [0.29, 0.717) is 20.6 Å². The molecule has 0 atom stereocenters. The first-order chi connectivity index (χ1) is 9.99. The fourth-order valence-electron chi connectivity index (χ4n) is 2.20. The van der Waals surface area contributed by atoms with Crippen molar-refractivity contribution in [2.24, 2.45) is 0 Å². The number of hydrogen-bond donors (Lipinski definition) is 1. The lowest BCUT2D eigenvalue weighted by molar-refractivity contribution is -0.114. The van der Waals surface area contributed by atoms with Gasteiger partial charge in [0.25, 0.3) is 11.7 Å². The molecule has 2 aromatic rings. The predicted molar refractivity (Wildman–Crippen MR) is 80.9 cm³/mol. The highest BCUT2D eigenvalue weighted by molar-refractivity contribution is 9.10. The highest BCUT2D eigenvalue weighted by atomic mass is 79.9. The quantitative estimate of drug-likeness (QED) is 0.848. The number of Topliss-reactive ketones (excluding diaryl/α,β-unsaturated/α-hetero) is 1. The first kappa shape index (κ1) is 14.0. The zero-order chi connectivity index (χ0) is 15.1. The molecule has 0 saturated heterocycles. The number of thiophene rings is 1. The molecule has 0 radical (unpaired) electrons. The van der Waals surface area contributed by atoms with Crippen molar-refractivity contribution in [2.45, 2.75) is 6.54 Å². The molecule has 0 saturated carbocycles. The van der Waals surface area contributed by atoms with Gasteiger partial charge in [-0.2, -0.15) is 0 Å². The van der Waals surface area contributed by atoms with Crippen LogP contribution < -0.4 is 4.90 Å². The van der Waals surface area contributed by atoms with Gasteiger partial charge in [-0.3, -0.25) is 14.5 Å². The maximum atomic E-state index is 12.1. The van der Waals surface area contributed by atoms with Gasteiger partial charge in [0.2, 0.25) is 0 Å². The lowest BCUT2D eigenvalue weighted by Gasteiger charge is -2.16. The van der Waals surface area contributed by atoms with Gasteiger partial charge in [0.15, 0.2) is 0 Å². The fraction of sp³-hybridized carbons (Fsp3) is 0.0714. The molecule has 1 amide bonds. The number of aromatic carboxylic acids is 1.